The van der Waals surface area contributed by atoms with Crippen LogP contribution in [0, 0.1) is 10.1 Å². The monoisotopic (exact) mass is 580 g/mol. The van der Waals surface area contributed by atoms with Crippen molar-refractivity contribution in [3.63, 3.8) is 0 Å². The molecule has 0 aliphatic carbocycles. The Kier molecular flexibility index (Phi) is 11.3. The number of imide groups is 1. The van der Waals surface area contributed by atoms with E-state index < -0.39 is 53.4 Å². The second kappa shape index (κ2) is 14.8. The predicted octanol–water partition coefficient (Wildman–Crippen LogP) is 1.68. The zero-order chi connectivity index (χ0) is 30.8. The summed E-state index contributed by atoms with van der Waals surface area (Å²) in [5.74, 6) is -2.83. The average Bonchev–Trinajstić information content (AvgIpc) is 3.40. The van der Waals surface area contributed by atoms with Gasteiger partial charge in [0, 0.05) is 30.8 Å². The van der Waals surface area contributed by atoms with Crippen LogP contribution in [0.3, 0.4) is 0 Å². The van der Waals surface area contributed by atoms with Crippen LogP contribution in [0.4, 0.5) is 10.5 Å². The molecule has 2 aromatic carbocycles. The molecule has 42 heavy (non-hydrogen) atoms. The third kappa shape index (κ3) is 8.69. The fraction of sp³-hybridized carbons (Fsp3) is 0.379. The van der Waals surface area contributed by atoms with Crippen LogP contribution in [-0.2, 0) is 20.8 Å². The Morgan fingerprint density at radius 2 is 1.83 bits per heavy atom. The Balaban J connectivity index is 1.95. The third-order valence-corrected chi connectivity index (χ3v) is 7.03. The Labute approximate surface area is 243 Å². The molecule has 0 radical (unpaired) electrons. The van der Waals surface area contributed by atoms with E-state index in [0.29, 0.717) is 23.4 Å². The number of nitro groups is 1. The number of primary amides is 1. The summed E-state index contributed by atoms with van der Waals surface area (Å²) in [6.45, 7) is 2.33. The Morgan fingerprint density at radius 3 is 2.40 bits per heavy atom. The third-order valence-electron chi connectivity index (χ3n) is 7.03. The number of urea groups is 1. The smallest absolute Gasteiger partial charge is 0.319 e. The van der Waals surface area contributed by atoms with Crippen LogP contribution in [0.5, 0.6) is 0 Å². The number of rotatable bonds is 12. The van der Waals surface area contributed by atoms with Crippen LogP contribution in [0.25, 0.3) is 6.08 Å². The van der Waals surface area contributed by atoms with Gasteiger partial charge >= 0.3 is 6.03 Å². The number of nitro benzene ring substituents is 1. The topological polar surface area (TPSA) is 202 Å². The van der Waals surface area contributed by atoms with E-state index in [1.165, 1.54) is 30.3 Å². The molecule has 1 aliphatic heterocycles. The molecule has 13 heteroatoms. The molecule has 224 valence electrons. The van der Waals surface area contributed by atoms with E-state index in [1.54, 1.807) is 4.90 Å². The molecule has 1 heterocycles. The fourth-order valence-electron chi connectivity index (χ4n) is 4.71. The SMILES string of the molecule is CC1CCCN1C(=O)NC([C@H](O)CCc1ccccc1)N(C(=O)C=Cc1ccc([N+](=O)[O-])cc1)C(=O)[C@@H](N)CC(N)=O. The Hall–Kier alpha value is -4.62. The summed E-state index contributed by atoms with van der Waals surface area (Å²) in [6, 6.07) is 12.4. The molecular weight excluding hydrogens is 544 g/mol. The molecule has 1 saturated heterocycles. The standard InChI is InChI=1S/C29H36N6O7/c1-19-6-5-17-33(19)29(40)32-27(24(36)15-11-20-7-3-2-4-8-20)34(28(39)23(30)18-25(31)37)26(38)16-12-21-9-13-22(14-10-21)35(41)42/h2-4,7-10,12-14,16,19,23-24,27,36H,5-6,11,15,17-18,30H2,1H3,(H2,31,37)(H,32,40)/t19?,23-,24+,27?/m0/s1. The van der Waals surface area contributed by atoms with Gasteiger partial charge in [0.25, 0.3) is 11.6 Å². The van der Waals surface area contributed by atoms with E-state index in [1.807, 2.05) is 37.3 Å². The molecule has 5 amide bonds. The normalized spacial score (nSPS) is 16.9. The number of amides is 5. The van der Waals surface area contributed by atoms with Crippen molar-refractivity contribution in [3.8, 4) is 0 Å². The van der Waals surface area contributed by atoms with Crippen LogP contribution in [-0.4, -0.2) is 74.5 Å². The van der Waals surface area contributed by atoms with Gasteiger partial charge in [-0.3, -0.25) is 29.4 Å². The number of benzene rings is 2. The lowest BCUT2D eigenvalue weighted by atomic mass is 10.0. The van der Waals surface area contributed by atoms with Crippen LogP contribution in [0.2, 0.25) is 0 Å². The number of nitrogens with zero attached hydrogens (tertiary/aromatic N) is 3. The van der Waals surface area contributed by atoms with E-state index in [9.17, 15) is 34.4 Å². The largest absolute Gasteiger partial charge is 0.389 e. The fourth-order valence-corrected chi connectivity index (χ4v) is 4.71. The van der Waals surface area contributed by atoms with E-state index in [-0.39, 0.29) is 18.2 Å². The highest BCUT2D eigenvalue weighted by molar-refractivity contribution is 6.05. The lowest BCUT2D eigenvalue weighted by Gasteiger charge is -2.36. The number of hydrogen-bond donors (Lipinski definition) is 4. The lowest BCUT2D eigenvalue weighted by molar-refractivity contribution is -0.384. The minimum Gasteiger partial charge on any atom is -0.389 e. The first kappa shape index (κ1) is 31.9. The van der Waals surface area contributed by atoms with Gasteiger partial charge in [-0.05, 0) is 61.9 Å². The minimum atomic E-state index is -1.53. The first-order chi connectivity index (χ1) is 20.0. The molecule has 13 nitrogen and oxygen atoms in total. The van der Waals surface area contributed by atoms with Crippen LogP contribution >= 0.6 is 0 Å². The highest BCUT2D eigenvalue weighted by Crippen LogP contribution is 2.19. The van der Waals surface area contributed by atoms with Crippen LogP contribution in [0.1, 0.15) is 43.7 Å². The maximum atomic E-state index is 13.6. The molecular formula is C29H36N6O7. The van der Waals surface area contributed by atoms with Gasteiger partial charge in [0.1, 0.15) is 6.17 Å². The van der Waals surface area contributed by atoms with Gasteiger partial charge in [-0.25, -0.2) is 4.79 Å². The second-order valence-corrected chi connectivity index (χ2v) is 10.2. The molecule has 1 aliphatic rings. The molecule has 2 aromatic rings. The number of carbonyl (C=O) groups is 4. The molecule has 0 saturated carbocycles. The summed E-state index contributed by atoms with van der Waals surface area (Å²) in [4.78, 5) is 64.5. The van der Waals surface area contributed by atoms with Gasteiger partial charge in [-0.2, -0.15) is 0 Å². The number of carbonyl (C=O) groups excluding carboxylic acids is 4. The van der Waals surface area contributed by atoms with Crippen molar-refractivity contribution in [1.82, 2.24) is 15.1 Å². The molecule has 0 spiro atoms. The van der Waals surface area contributed by atoms with E-state index in [4.69, 9.17) is 11.5 Å². The zero-order valence-corrected chi connectivity index (χ0v) is 23.3. The maximum absolute atomic E-state index is 13.6. The summed E-state index contributed by atoms with van der Waals surface area (Å²) >= 11 is 0. The number of aryl methyl sites for hydroxylation is 1. The van der Waals surface area contributed by atoms with Gasteiger partial charge in [-0.1, -0.05) is 30.3 Å². The van der Waals surface area contributed by atoms with Crippen molar-refractivity contribution in [3.05, 3.63) is 81.9 Å². The summed E-state index contributed by atoms with van der Waals surface area (Å²) in [5, 5.41) is 24.9. The number of hydrogen-bond acceptors (Lipinski definition) is 8. The van der Waals surface area contributed by atoms with Gasteiger partial charge in [-0.15, -0.1) is 0 Å². The number of non-ortho nitro benzene ring substituents is 1. The van der Waals surface area contributed by atoms with Gasteiger partial charge in [0.2, 0.25) is 11.8 Å². The average molecular weight is 581 g/mol. The number of nitrogens with one attached hydrogen (secondary N) is 1. The summed E-state index contributed by atoms with van der Waals surface area (Å²) in [7, 11) is 0. The highest BCUT2D eigenvalue weighted by Gasteiger charge is 2.39. The van der Waals surface area contributed by atoms with Crippen molar-refractivity contribution < 1.29 is 29.2 Å². The van der Waals surface area contributed by atoms with Gasteiger partial charge in [0.15, 0.2) is 0 Å². The molecule has 4 atom stereocenters. The van der Waals surface area contributed by atoms with Crippen LogP contribution < -0.4 is 16.8 Å². The molecule has 0 aromatic heterocycles. The number of aliphatic hydroxyl groups is 1. The second-order valence-electron chi connectivity index (χ2n) is 10.2. The van der Waals surface area contributed by atoms with Crippen molar-refractivity contribution in [2.24, 2.45) is 11.5 Å². The predicted molar refractivity (Wildman–Crippen MR) is 154 cm³/mol. The minimum absolute atomic E-state index is 0.0682. The van der Waals surface area contributed by atoms with Gasteiger partial charge in [0.05, 0.1) is 23.5 Å². The molecule has 6 N–H and O–H groups in total. The molecule has 3 rings (SSSR count). The van der Waals surface area contributed by atoms with Crippen molar-refractivity contribution in [2.75, 3.05) is 6.54 Å². The summed E-state index contributed by atoms with van der Waals surface area (Å²) in [5.41, 5.74) is 12.4. The molecule has 1 fully saturated rings. The van der Waals surface area contributed by atoms with E-state index in [2.05, 4.69) is 5.32 Å². The molecule has 2 unspecified atom stereocenters. The summed E-state index contributed by atoms with van der Waals surface area (Å²) in [6.07, 6.45) is 0.828. The van der Waals surface area contributed by atoms with Crippen molar-refractivity contribution >= 4 is 35.5 Å². The maximum Gasteiger partial charge on any atom is 0.319 e. The van der Waals surface area contributed by atoms with Crippen molar-refractivity contribution in [1.29, 1.82) is 0 Å². The van der Waals surface area contributed by atoms with Gasteiger partial charge < -0.3 is 26.8 Å². The lowest BCUT2D eigenvalue weighted by Crippen LogP contribution is -2.63. The highest BCUT2D eigenvalue weighted by atomic mass is 16.6. The Morgan fingerprint density at radius 1 is 1.17 bits per heavy atom. The zero-order valence-electron chi connectivity index (χ0n) is 23.3. The quantitative estimate of drug-likeness (QED) is 0.126. The van der Waals surface area contributed by atoms with Crippen LogP contribution in [0.15, 0.2) is 60.7 Å². The summed E-state index contributed by atoms with van der Waals surface area (Å²) < 4.78 is 0. The number of likely N-dealkylation sites (tertiary alicyclic amines) is 1. The number of nitrogens with two attached hydrogens (primary N) is 2. The van der Waals surface area contributed by atoms with E-state index in [0.717, 1.165) is 24.5 Å². The van der Waals surface area contributed by atoms with E-state index >= 15 is 0 Å². The first-order valence-electron chi connectivity index (χ1n) is 13.6. The number of aliphatic hydroxyl groups excluding tert-OH is 1. The Bertz CT molecular complexity index is 1300. The molecule has 0 bridgehead atoms. The first-order valence-corrected chi connectivity index (χ1v) is 13.6. The van der Waals surface area contributed by atoms with Crippen molar-refractivity contribution in [2.45, 2.75) is 63.4 Å².